The van der Waals surface area contributed by atoms with Gasteiger partial charge in [-0.15, -0.1) is 0 Å². The summed E-state index contributed by atoms with van der Waals surface area (Å²) in [4.78, 5) is 22.7. The molecule has 140 valence electrons. The second kappa shape index (κ2) is 8.15. The molecule has 0 radical (unpaired) electrons. The Balaban J connectivity index is 2.27. The van der Waals surface area contributed by atoms with Crippen molar-refractivity contribution < 1.29 is 19.4 Å². The van der Waals surface area contributed by atoms with Crippen LogP contribution in [0.1, 0.15) is 31.9 Å². The molecule has 0 saturated heterocycles. The molecule has 7 nitrogen and oxygen atoms in total. The number of carbonyl (C=O) groups is 2. The van der Waals surface area contributed by atoms with Crippen molar-refractivity contribution in [2.45, 2.75) is 26.4 Å². The van der Waals surface area contributed by atoms with Crippen LogP contribution in [0.4, 0.5) is 26.7 Å². The van der Waals surface area contributed by atoms with Crippen LogP contribution in [0.15, 0.2) is 42.5 Å². The number of carboxylic acid groups (broad SMARTS) is 1. The number of nitrogens with one attached hydrogen (secondary N) is 2. The highest BCUT2D eigenvalue weighted by molar-refractivity contribution is 5.87. The van der Waals surface area contributed by atoms with Gasteiger partial charge in [0.15, 0.2) is 0 Å². The molecule has 2 rings (SSSR count). The highest BCUT2D eigenvalue weighted by atomic mass is 16.6. The first-order valence-electron chi connectivity index (χ1n) is 8.14. The molecule has 5 N–H and O–H groups in total. The lowest BCUT2D eigenvalue weighted by Crippen LogP contribution is -2.27. The summed E-state index contributed by atoms with van der Waals surface area (Å²) in [7, 11) is 0. The van der Waals surface area contributed by atoms with Gasteiger partial charge in [-0.2, -0.15) is 0 Å². The Hall–Kier alpha value is -3.66. The van der Waals surface area contributed by atoms with E-state index in [-0.39, 0.29) is 0 Å². The van der Waals surface area contributed by atoms with Crippen LogP contribution in [0, 0.1) is 11.8 Å². The van der Waals surface area contributed by atoms with Gasteiger partial charge in [-0.1, -0.05) is 17.9 Å². The van der Waals surface area contributed by atoms with Crippen LogP contribution in [-0.2, 0) is 4.74 Å². The molecule has 0 aliphatic rings. The molecule has 2 amide bonds. The number of anilines is 3. The Bertz CT molecular complexity index is 921. The van der Waals surface area contributed by atoms with Gasteiger partial charge in [0.1, 0.15) is 5.60 Å². The lowest BCUT2D eigenvalue weighted by molar-refractivity contribution is 0.0636. The van der Waals surface area contributed by atoms with Gasteiger partial charge in [0.25, 0.3) is 0 Å². The van der Waals surface area contributed by atoms with Gasteiger partial charge in [-0.25, -0.2) is 9.59 Å². The molecule has 2 aromatic rings. The first-order chi connectivity index (χ1) is 12.6. The summed E-state index contributed by atoms with van der Waals surface area (Å²) in [5, 5.41) is 13.7. The van der Waals surface area contributed by atoms with Crippen LogP contribution in [0.2, 0.25) is 0 Å². The summed E-state index contributed by atoms with van der Waals surface area (Å²) in [6, 6.07) is 11.6. The van der Waals surface area contributed by atoms with Crippen molar-refractivity contribution in [3.05, 3.63) is 53.6 Å². The normalized spacial score (nSPS) is 10.3. The van der Waals surface area contributed by atoms with E-state index in [2.05, 4.69) is 22.5 Å². The molecule has 27 heavy (non-hydrogen) atoms. The molecule has 2 aromatic carbocycles. The highest BCUT2D eigenvalue weighted by Crippen LogP contribution is 2.20. The van der Waals surface area contributed by atoms with Crippen molar-refractivity contribution in [2.75, 3.05) is 16.4 Å². The van der Waals surface area contributed by atoms with Crippen LogP contribution < -0.4 is 16.4 Å². The topological polar surface area (TPSA) is 114 Å². The lowest BCUT2D eigenvalue weighted by atomic mass is 10.1. The van der Waals surface area contributed by atoms with E-state index in [9.17, 15) is 9.59 Å². The van der Waals surface area contributed by atoms with Crippen molar-refractivity contribution >= 4 is 29.2 Å². The molecule has 7 heteroatoms. The zero-order valence-electron chi connectivity index (χ0n) is 15.3. The zero-order chi connectivity index (χ0) is 20.0. The Labute approximate surface area is 157 Å². The number of benzene rings is 2. The predicted molar refractivity (Wildman–Crippen MR) is 105 cm³/mol. The molecule has 0 aromatic heterocycles. The zero-order valence-corrected chi connectivity index (χ0v) is 15.3. The number of hydrogen-bond acceptors (Lipinski definition) is 4. The highest BCUT2D eigenvalue weighted by Gasteiger charge is 2.17. The minimum Gasteiger partial charge on any atom is -0.465 e. The molecule has 0 saturated carbocycles. The average Bonchev–Trinajstić information content (AvgIpc) is 2.53. The van der Waals surface area contributed by atoms with Gasteiger partial charge in [0.05, 0.1) is 11.3 Å². The summed E-state index contributed by atoms with van der Waals surface area (Å²) < 4.78 is 5.25. The van der Waals surface area contributed by atoms with Gasteiger partial charge in [0.2, 0.25) is 0 Å². The molecule has 0 aliphatic carbocycles. The van der Waals surface area contributed by atoms with E-state index in [1.54, 1.807) is 63.2 Å². The predicted octanol–water partition coefficient (Wildman–Crippen LogP) is 4.11. The van der Waals surface area contributed by atoms with E-state index in [4.69, 9.17) is 15.6 Å². The fraction of sp³-hybridized carbons (Fsp3) is 0.200. The Morgan fingerprint density at radius 1 is 1.07 bits per heavy atom. The van der Waals surface area contributed by atoms with E-state index in [0.717, 1.165) is 0 Å². The first-order valence-corrected chi connectivity index (χ1v) is 8.14. The summed E-state index contributed by atoms with van der Waals surface area (Å²) in [5.74, 6) is 5.88. The molecule has 0 aliphatic heterocycles. The molecule has 0 unspecified atom stereocenters. The minimum absolute atomic E-state index is 0.411. The van der Waals surface area contributed by atoms with Gasteiger partial charge < -0.3 is 15.6 Å². The summed E-state index contributed by atoms with van der Waals surface area (Å²) in [5.41, 5.74) is 7.68. The summed E-state index contributed by atoms with van der Waals surface area (Å²) >= 11 is 0. The third-order valence-corrected chi connectivity index (χ3v) is 3.13. The summed E-state index contributed by atoms with van der Waals surface area (Å²) in [6.45, 7) is 5.32. The number of nitrogens with two attached hydrogens (primary N) is 1. The Morgan fingerprint density at radius 3 is 2.48 bits per heavy atom. The quantitative estimate of drug-likeness (QED) is 0.471. The number of carbonyl (C=O) groups excluding carboxylic acids is 1. The van der Waals surface area contributed by atoms with E-state index < -0.39 is 17.8 Å². The average molecular weight is 367 g/mol. The third kappa shape index (κ3) is 6.63. The van der Waals surface area contributed by atoms with Crippen LogP contribution in [0.5, 0.6) is 0 Å². The standard InChI is InChI=1S/C20H21N3O4/c1-20(2,3)27-19(26)23-17-10-9-15(21)12-14(17)8-7-13-5-4-6-16(11-13)22-18(24)25/h4-6,9-12,22H,21H2,1-3H3,(H,23,26)(H,24,25). The van der Waals surface area contributed by atoms with Crippen LogP contribution >= 0.6 is 0 Å². The fourth-order valence-electron chi connectivity index (χ4n) is 2.13. The molecule has 0 heterocycles. The minimum atomic E-state index is -1.15. The maximum atomic E-state index is 12.0. The first kappa shape index (κ1) is 19.7. The van der Waals surface area contributed by atoms with Crippen molar-refractivity contribution in [3.63, 3.8) is 0 Å². The number of rotatable bonds is 2. The monoisotopic (exact) mass is 367 g/mol. The van der Waals surface area contributed by atoms with Crippen LogP contribution in [-0.4, -0.2) is 22.9 Å². The lowest BCUT2D eigenvalue weighted by Gasteiger charge is -2.20. The van der Waals surface area contributed by atoms with Crippen LogP contribution in [0.25, 0.3) is 0 Å². The van der Waals surface area contributed by atoms with E-state index in [1.165, 1.54) is 0 Å². The fourth-order valence-corrected chi connectivity index (χ4v) is 2.13. The maximum Gasteiger partial charge on any atom is 0.412 e. The molecule has 0 fully saturated rings. The smallest absolute Gasteiger partial charge is 0.412 e. The third-order valence-electron chi connectivity index (χ3n) is 3.13. The Kier molecular flexibility index (Phi) is 5.93. The number of nitrogen functional groups attached to an aromatic ring is 1. The van der Waals surface area contributed by atoms with E-state index in [0.29, 0.717) is 28.2 Å². The molecular formula is C20H21N3O4. The molecular weight excluding hydrogens is 346 g/mol. The van der Waals surface area contributed by atoms with Gasteiger partial charge in [-0.3, -0.25) is 10.6 Å². The largest absolute Gasteiger partial charge is 0.465 e. The second-order valence-corrected chi connectivity index (χ2v) is 6.69. The summed E-state index contributed by atoms with van der Waals surface area (Å²) in [6.07, 6.45) is -1.75. The van der Waals surface area contributed by atoms with Crippen LogP contribution in [0.3, 0.4) is 0 Å². The maximum absolute atomic E-state index is 12.0. The van der Waals surface area contributed by atoms with Crippen molar-refractivity contribution in [1.82, 2.24) is 0 Å². The van der Waals surface area contributed by atoms with Gasteiger partial charge in [-0.05, 0) is 57.2 Å². The molecule has 0 spiro atoms. The van der Waals surface area contributed by atoms with Gasteiger partial charge in [0, 0.05) is 16.9 Å². The van der Waals surface area contributed by atoms with E-state index in [1.807, 2.05) is 0 Å². The SMILES string of the molecule is CC(C)(C)OC(=O)Nc1ccc(N)cc1C#Cc1cccc(NC(=O)O)c1. The number of ether oxygens (including phenoxy) is 1. The van der Waals surface area contributed by atoms with Gasteiger partial charge >= 0.3 is 12.2 Å². The van der Waals surface area contributed by atoms with Crippen molar-refractivity contribution in [2.24, 2.45) is 0 Å². The molecule has 0 atom stereocenters. The molecule has 0 bridgehead atoms. The Morgan fingerprint density at radius 2 is 1.81 bits per heavy atom. The second-order valence-electron chi connectivity index (χ2n) is 6.69. The van der Waals surface area contributed by atoms with E-state index >= 15 is 0 Å². The number of hydrogen-bond donors (Lipinski definition) is 4. The van der Waals surface area contributed by atoms with Crippen molar-refractivity contribution in [3.8, 4) is 11.8 Å². The number of amides is 2. The van der Waals surface area contributed by atoms with Crippen molar-refractivity contribution in [1.29, 1.82) is 0 Å².